The number of anilines is 2. The van der Waals surface area contributed by atoms with Gasteiger partial charge < -0.3 is 20.0 Å². The fraction of sp³-hybridized carbons (Fsp3) is 0.269. The van der Waals surface area contributed by atoms with Gasteiger partial charge in [-0.2, -0.15) is 13.2 Å². The predicted octanol–water partition coefficient (Wildman–Crippen LogP) is 6.38. The molecule has 35 heavy (non-hydrogen) atoms. The van der Waals surface area contributed by atoms with Crippen molar-refractivity contribution in [1.82, 2.24) is 9.38 Å². The zero-order valence-electron chi connectivity index (χ0n) is 19.4. The van der Waals surface area contributed by atoms with E-state index < -0.39 is 11.9 Å². The standard InChI is InChI=1S/C26H27F3N6/c1-17-6-7-21(33-18(2)19(15-30)13-24(31)26(27,28)29)14-22(17)20-12-23(34-9-4-3-5-10-34)25-32-8-11-35(25)16-20/h6-8,11-16,30-31,33H,2-5,9-10H2,1H3/b19-13+,30-15?,31-24?. The summed E-state index contributed by atoms with van der Waals surface area (Å²) in [5, 5.41) is 17.7. The molecule has 0 radical (unpaired) electrons. The Morgan fingerprint density at radius 3 is 2.60 bits per heavy atom. The fourth-order valence-corrected chi connectivity index (χ4v) is 4.24. The van der Waals surface area contributed by atoms with Crippen LogP contribution in [0.2, 0.25) is 0 Å². The highest BCUT2D eigenvalue weighted by Crippen LogP contribution is 2.33. The molecule has 6 nitrogen and oxygen atoms in total. The number of halogens is 3. The summed E-state index contributed by atoms with van der Waals surface area (Å²) in [6.07, 6.45) is 5.80. The van der Waals surface area contributed by atoms with Gasteiger partial charge in [0.15, 0.2) is 5.65 Å². The van der Waals surface area contributed by atoms with E-state index in [1.54, 1.807) is 6.20 Å². The summed E-state index contributed by atoms with van der Waals surface area (Å²) in [7, 11) is 0. The fourth-order valence-electron chi connectivity index (χ4n) is 4.24. The number of nitrogens with zero attached hydrogens (tertiary/aromatic N) is 3. The third-order valence-corrected chi connectivity index (χ3v) is 6.12. The number of hydrogen-bond donors (Lipinski definition) is 3. The highest BCUT2D eigenvalue weighted by atomic mass is 19.4. The van der Waals surface area contributed by atoms with E-state index in [0.717, 1.165) is 60.2 Å². The first kappa shape index (κ1) is 24.3. The molecule has 3 aromatic rings. The van der Waals surface area contributed by atoms with Gasteiger partial charge in [0.25, 0.3) is 0 Å². The van der Waals surface area contributed by atoms with Crippen molar-refractivity contribution in [3.63, 3.8) is 0 Å². The maximum atomic E-state index is 12.8. The van der Waals surface area contributed by atoms with Gasteiger partial charge in [0.05, 0.1) is 5.69 Å². The summed E-state index contributed by atoms with van der Waals surface area (Å²) in [6.45, 7) is 7.75. The minimum Gasteiger partial charge on any atom is -0.369 e. The topological polar surface area (TPSA) is 80.3 Å². The molecule has 1 aliphatic heterocycles. The molecular formula is C26H27F3N6. The van der Waals surface area contributed by atoms with E-state index in [-0.39, 0.29) is 11.3 Å². The SMILES string of the molecule is C=C(Nc1ccc(C)c(-c2cc(N3CCCCC3)c3nccn3c2)c1)/C(C=N)=C/C(=N)C(F)(F)F. The van der Waals surface area contributed by atoms with Crippen molar-refractivity contribution in [3.8, 4) is 11.1 Å². The van der Waals surface area contributed by atoms with E-state index in [2.05, 4.69) is 27.8 Å². The van der Waals surface area contributed by atoms with Gasteiger partial charge in [-0.25, -0.2) is 4.98 Å². The zero-order chi connectivity index (χ0) is 25.2. The quantitative estimate of drug-likeness (QED) is 0.271. The lowest BCUT2D eigenvalue weighted by molar-refractivity contribution is -0.0584. The number of pyridine rings is 1. The molecule has 1 saturated heterocycles. The van der Waals surface area contributed by atoms with E-state index >= 15 is 0 Å². The van der Waals surface area contributed by atoms with Crippen LogP contribution in [0, 0.1) is 17.7 Å². The van der Waals surface area contributed by atoms with Crippen LogP contribution in [0.4, 0.5) is 24.5 Å². The van der Waals surface area contributed by atoms with E-state index in [9.17, 15) is 13.2 Å². The highest BCUT2D eigenvalue weighted by Gasteiger charge is 2.33. The third-order valence-electron chi connectivity index (χ3n) is 6.12. The van der Waals surface area contributed by atoms with Crippen LogP contribution in [-0.2, 0) is 0 Å². The van der Waals surface area contributed by atoms with Crippen molar-refractivity contribution in [1.29, 1.82) is 10.8 Å². The number of benzene rings is 1. The summed E-state index contributed by atoms with van der Waals surface area (Å²) in [5.74, 6) is 0. The normalized spacial score (nSPS) is 14.7. The molecule has 3 N–H and O–H groups in total. The maximum absolute atomic E-state index is 12.8. The molecule has 0 atom stereocenters. The largest absolute Gasteiger partial charge is 0.432 e. The number of fused-ring (bicyclic) bond motifs is 1. The van der Waals surface area contributed by atoms with Crippen molar-refractivity contribution >= 4 is 28.9 Å². The zero-order valence-corrected chi connectivity index (χ0v) is 19.4. The number of aryl methyl sites for hydroxylation is 1. The molecule has 0 bridgehead atoms. The lowest BCUT2D eigenvalue weighted by Gasteiger charge is -2.29. The lowest BCUT2D eigenvalue weighted by Crippen LogP contribution is -2.29. The molecule has 0 saturated carbocycles. The molecule has 182 valence electrons. The Balaban J connectivity index is 1.67. The molecule has 0 unspecified atom stereocenters. The number of aromatic nitrogens is 2. The monoisotopic (exact) mass is 480 g/mol. The van der Waals surface area contributed by atoms with Crippen molar-refractivity contribution < 1.29 is 13.2 Å². The Bertz CT molecular complexity index is 1310. The molecule has 1 aliphatic rings. The average molecular weight is 481 g/mol. The molecule has 0 aliphatic carbocycles. The van der Waals surface area contributed by atoms with E-state index in [1.165, 1.54) is 6.42 Å². The second kappa shape index (κ2) is 9.77. The van der Waals surface area contributed by atoms with E-state index in [0.29, 0.717) is 11.8 Å². The van der Waals surface area contributed by atoms with Crippen LogP contribution in [0.1, 0.15) is 24.8 Å². The number of allylic oxidation sites excluding steroid dienone is 2. The molecule has 1 aromatic carbocycles. The predicted molar refractivity (Wildman–Crippen MR) is 135 cm³/mol. The number of nitrogens with one attached hydrogen (secondary N) is 3. The highest BCUT2D eigenvalue weighted by molar-refractivity contribution is 6.02. The van der Waals surface area contributed by atoms with Gasteiger partial charge in [-0.1, -0.05) is 12.6 Å². The Hall–Kier alpha value is -3.88. The van der Waals surface area contributed by atoms with E-state index in [4.69, 9.17) is 10.8 Å². The van der Waals surface area contributed by atoms with Gasteiger partial charge in [-0.3, -0.25) is 5.41 Å². The summed E-state index contributed by atoms with van der Waals surface area (Å²) < 4.78 is 40.3. The first-order valence-electron chi connectivity index (χ1n) is 11.3. The van der Waals surface area contributed by atoms with Crippen LogP contribution in [0.5, 0.6) is 0 Å². The number of imidazole rings is 1. The third kappa shape index (κ3) is 5.29. The molecular weight excluding hydrogens is 453 g/mol. The number of piperidine rings is 1. The first-order chi connectivity index (χ1) is 16.7. The van der Waals surface area contributed by atoms with Crippen LogP contribution in [0.25, 0.3) is 16.8 Å². The van der Waals surface area contributed by atoms with Crippen LogP contribution in [-0.4, -0.2) is 40.6 Å². The van der Waals surface area contributed by atoms with Gasteiger partial charge in [0.2, 0.25) is 0 Å². The van der Waals surface area contributed by atoms with Crippen molar-refractivity contribution in [3.05, 3.63) is 72.3 Å². The second-order valence-electron chi connectivity index (χ2n) is 8.61. The van der Waals surface area contributed by atoms with Gasteiger partial charge >= 0.3 is 6.18 Å². The smallest absolute Gasteiger partial charge is 0.369 e. The van der Waals surface area contributed by atoms with Crippen LogP contribution >= 0.6 is 0 Å². The van der Waals surface area contributed by atoms with Gasteiger partial charge in [-0.05, 0) is 61.6 Å². The number of alkyl halides is 3. The molecule has 0 amide bonds. The van der Waals surface area contributed by atoms with E-state index in [1.807, 2.05) is 41.9 Å². The summed E-state index contributed by atoms with van der Waals surface area (Å²) >= 11 is 0. The summed E-state index contributed by atoms with van der Waals surface area (Å²) in [6, 6.07) is 7.79. The van der Waals surface area contributed by atoms with Gasteiger partial charge in [0, 0.05) is 60.4 Å². The molecule has 4 rings (SSSR count). The molecule has 2 aromatic heterocycles. The van der Waals surface area contributed by atoms with Crippen LogP contribution < -0.4 is 10.2 Å². The van der Waals surface area contributed by atoms with Crippen LogP contribution in [0.15, 0.2) is 66.8 Å². The number of rotatable bonds is 7. The van der Waals surface area contributed by atoms with Gasteiger partial charge in [-0.15, -0.1) is 0 Å². The Morgan fingerprint density at radius 2 is 1.91 bits per heavy atom. The van der Waals surface area contributed by atoms with Crippen molar-refractivity contribution in [2.24, 2.45) is 0 Å². The minimum atomic E-state index is -4.79. The van der Waals surface area contributed by atoms with Gasteiger partial charge in [0.1, 0.15) is 5.71 Å². The molecule has 1 fully saturated rings. The Labute approximate surface area is 201 Å². The average Bonchev–Trinajstić information content (AvgIpc) is 3.31. The van der Waals surface area contributed by atoms with Crippen molar-refractivity contribution in [2.45, 2.75) is 32.4 Å². The van der Waals surface area contributed by atoms with Crippen LogP contribution in [0.3, 0.4) is 0 Å². The first-order valence-corrected chi connectivity index (χ1v) is 11.3. The maximum Gasteiger partial charge on any atom is 0.432 e. The minimum absolute atomic E-state index is 0.0999. The second-order valence-corrected chi connectivity index (χ2v) is 8.61. The summed E-state index contributed by atoms with van der Waals surface area (Å²) in [5.41, 5.74) is 4.02. The Kier molecular flexibility index (Phi) is 6.77. The molecule has 3 heterocycles. The molecule has 0 spiro atoms. The van der Waals surface area contributed by atoms with Crippen molar-refractivity contribution in [2.75, 3.05) is 23.3 Å². The summed E-state index contributed by atoms with van der Waals surface area (Å²) in [4.78, 5) is 6.92. The lowest BCUT2D eigenvalue weighted by atomic mass is 10.00. The Morgan fingerprint density at radius 1 is 1.17 bits per heavy atom. The number of hydrogen-bond acceptors (Lipinski definition) is 5. The molecule has 9 heteroatoms.